The van der Waals surface area contributed by atoms with Gasteiger partial charge in [-0.2, -0.15) is 0 Å². The Morgan fingerprint density at radius 3 is 2.60 bits per heavy atom. The first-order chi connectivity index (χ1) is 9.81. The van der Waals surface area contributed by atoms with Gasteiger partial charge in [0, 0.05) is 30.3 Å². The molecule has 110 valence electrons. The van der Waals surface area contributed by atoms with E-state index in [1.54, 1.807) is 0 Å². The molecule has 0 spiro atoms. The van der Waals surface area contributed by atoms with Gasteiger partial charge >= 0.3 is 0 Å². The fourth-order valence-corrected chi connectivity index (χ4v) is 3.93. The lowest BCUT2D eigenvalue weighted by molar-refractivity contribution is 0.0898. The lowest BCUT2D eigenvalue weighted by Crippen LogP contribution is -2.43. The van der Waals surface area contributed by atoms with Crippen LogP contribution in [0, 0.1) is 11.8 Å². The van der Waals surface area contributed by atoms with Crippen molar-refractivity contribution in [2.24, 2.45) is 11.8 Å². The van der Waals surface area contributed by atoms with E-state index in [1.165, 1.54) is 50.9 Å². The molecule has 2 atom stereocenters. The maximum atomic E-state index is 5.90. The lowest BCUT2D eigenvalue weighted by atomic mass is 9.75. The average Bonchev–Trinajstić information content (AvgIpc) is 2.49. The van der Waals surface area contributed by atoms with Crippen molar-refractivity contribution in [1.29, 1.82) is 0 Å². The van der Waals surface area contributed by atoms with E-state index in [2.05, 4.69) is 22.3 Å². The van der Waals surface area contributed by atoms with Crippen LogP contribution in [0.4, 0.5) is 5.69 Å². The van der Waals surface area contributed by atoms with Crippen molar-refractivity contribution in [3.8, 4) is 0 Å². The molecule has 1 aliphatic heterocycles. The van der Waals surface area contributed by atoms with Crippen LogP contribution in [0.2, 0.25) is 5.02 Å². The summed E-state index contributed by atoms with van der Waals surface area (Å²) in [5.41, 5.74) is 1.17. The van der Waals surface area contributed by atoms with Crippen molar-refractivity contribution in [1.82, 2.24) is 4.90 Å². The summed E-state index contributed by atoms with van der Waals surface area (Å²) >= 11 is 5.90. The molecule has 0 aromatic heterocycles. The van der Waals surface area contributed by atoms with Crippen LogP contribution in [0.25, 0.3) is 0 Å². The maximum Gasteiger partial charge on any atom is 0.0407 e. The summed E-state index contributed by atoms with van der Waals surface area (Å²) < 4.78 is 0. The number of benzene rings is 1. The van der Waals surface area contributed by atoms with Gasteiger partial charge in [0.25, 0.3) is 0 Å². The second-order valence-corrected chi connectivity index (χ2v) is 6.76. The summed E-state index contributed by atoms with van der Waals surface area (Å²) in [5, 5.41) is 4.29. The Morgan fingerprint density at radius 2 is 1.80 bits per heavy atom. The van der Waals surface area contributed by atoms with Gasteiger partial charge in [-0.1, -0.05) is 30.9 Å². The van der Waals surface area contributed by atoms with Gasteiger partial charge in [0.05, 0.1) is 0 Å². The molecule has 2 nitrogen and oxygen atoms in total. The van der Waals surface area contributed by atoms with Gasteiger partial charge in [-0.15, -0.1) is 0 Å². The summed E-state index contributed by atoms with van der Waals surface area (Å²) in [5.74, 6) is 2.01. The minimum absolute atomic E-state index is 0.801. The standard InChI is InChI=1S/C17H25ClN2/c18-16-5-7-17(8-6-16)19-10-12-20-11-9-14-3-1-2-4-15(14)13-20/h5-8,14-15,19H,1-4,9-13H2. The molecule has 2 unspecified atom stereocenters. The van der Waals surface area contributed by atoms with Crippen LogP contribution in [-0.4, -0.2) is 31.1 Å². The summed E-state index contributed by atoms with van der Waals surface area (Å²) in [6.07, 6.45) is 7.30. The van der Waals surface area contributed by atoms with Gasteiger partial charge in [0.1, 0.15) is 0 Å². The molecule has 3 heteroatoms. The van der Waals surface area contributed by atoms with Crippen molar-refractivity contribution < 1.29 is 0 Å². The van der Waals surface area contributed by atoms with E-state index >= 15 is 0 Å². The monoisotopic (exact) mass is 292 g/mol. The van der Waals surface area contributed by atoms with E-state index in [9.17, 15) is 0 Å². The molecule has 2 fully saturated rings. The van der Waals surface area contributed by atoms with Crippen LogP contribution in [0.1, 0.15) is 32.1 Å². The Hall–Kier alpha value is -0.730. The molecule has 1 saturated carbocycles. The fourth-order valence-electron chi connectivity index (χ4n) is 3.81. The quantitative estimate of drug-likeness (QED) is 0.892. The maximum absolute atomic E-state index is 5.90. The molecule has 1 aromatic rings. The van der Waals surface area contributed by atoms with E-state index < -0.39 is 0 Å². The van der Waals surface area contributed by atoms with Crippen molar-refractivity contribution in [3.63, 3.8) is 0 Å². The fraction of sp³-hybridized carbons (Fsp3) is 0.647. The Balaban J connectivity index is 1.41. The van der Waals surface area contributed by atoms with Gasteiger partial charge in [0.2, 0.25) is 0 Å². The van der Waals surface area contributed by atoms with E-state index in [0.717, 1.165) is 29.9 Å². The lowest BCUT2D eigenvalue weighted by Gasteiger charge is -2.41. The van der Waals surface area contributed by atoms with Crippen molar-refractivity contribution in [2.75, 3.05) is 31.5 Å². The van der Waals surface area contributed by atoms with E-state index in [4.69, 9.17) is 11.6 Å². The molecule has 20 heavy (non-hydrogen) atoms. The van der Waals surface area contributed by atoms with Crippen LogP contribution < -0.4 is 5.32 Å². The molecule has 3 rings (SSSR count). The number of anilines is 1. The molecule has 0 bridgehead atoms. The number of piperidine rings is 1. The number of hydrogen-bond donors (Lipinski definition) is 1. The Morgan fingerprint density at radius 1 is 1.05 bits per heavy atom. The van der Waals surface area contributed by atoms with E-state index in [1.807, 2.05) is 12.1 Å². The summed E-state index contributed by atoms with van der Waals surface area (Å²) in [6.45, 7) is 4.81. The van der Waals surface area contributed by atoms with Gasteiger partial charge in [-0.25, -0.2) is 0 Å². The van der Waals surface area contributed by atoms with Gasteiger partial charge < -0.3 is 10.2 Å². The normalized spacial score (nSPS) is 27.1. The number of likely N-dealkylation sites (tertiary alicyclic amines) is 1. The van der Waals surface area contributed by atoms with Crippen molar-refractivity contribution in [2.45, 2.75) is 32.1 Å². The predicted molar refractivity (Wildman–Crippen MR) is 86.4 cm³/mol. The Bertz CT molecular complexity index is 418. The molecule has 1 saturated heterocycles. The molecule has 0 radical (unpaired) electrons. The smallest absolute Gasteiger partial charge is 0.0407 e. The zero-order valence-electron chi connectivity index (χ0n) is 12.2. The summed E-state index contributed by atoms with van der Waals surface area (Å²) in [7, 11) is 0. The Kier molecular flexibility index (Phi) is 4.85. The molecule has 0 amide bonds. The topological polar surface area (TPSA) is 15.3 Å². The van der Waals surface area contributed by atoms with E-state index in [-0.39, 0.29) is 0 Å². The largest absolute Gasteiger partial charge is 0.384 e. The number of nitrogens with zero attached hydrogens (tertiary/aromatic N) is 1. The average molecular weight is 293 g/mol. The van der Waals surface area contributed by atoms with Gasteiger partial charge in [-0.3, -0.25) is 0 Å². The third kappa shape index (κ3) is 3.67. The number of rotatable bonds is 4. The second kappa shape index (κ2) is 6.82. The van der Waals surface area contributed by atoms with Crippen LogP contribution in [0.5, 0.6) is 0 Å². The predicted octanol–water partition coefficient (Wildman–Crippen LogP) is 4.26. The van der Waals surface area contributed by atoms with Gasteiger partial charge in [-0.05, 0) is 55.5 Å². The third-order valence-corrected chi connectivity index (χ3v) is 5.23. The number of fused-ring (bicyclic) bond motifs is 1. The molecule has 1 aromatic carbocycles. The third-order valence-electron chi connectivity index (χ3n) is 4.98. The van der Waals surface area contributed by atoms with Gasteiger partial charge in [0.15, 0.2) is 0 Å². The van der Waals surface area contributed by atoms with Crippen LogP contribution in [-0.2, 0) is 0 Å². The number of hydrogen-bond acceptors (Lipinski definition) is 2. The molecule has 1 aliphatic carbocycles. The highest BCUT2D eigenvalue weighted by atomic mass is 35.5. The zero-order chi connectivity index (χ0) is 13.8. The first-order valence-corrected chi connectivity index (χ1v) is 8.41. The molecule has 1 heterocycles. The Labute approximate surface area is 127 Å². The second-order valence-electron chi connectivity index (χ2n) is 6.33. The van der Waals surface area contributed by atoms with Crippen LogP contribution >= 0.6 is 11.6 Å². The SMILES string of the molecule is Clc1ccc(NCCN2CCC3CCCCC3C2)cc1. The summed E-state index contributed by atoms with van der Waals surface area (Å²) in [4.78, 5) is 2.65. The van der Waals surface area contributed by atoms with Crippen LogP contribution in [0.15, 0.2) is 24.3 Å². The highest BCUT2D eigenvalue weighted by Gasteiger charge is 2.30. The minimum Gasteiger partial charge on any atom is -0.384 e. The first kappa shape index (κ1) is 14.2. The molecular weight excluding hydrogens is 268 g/mol. The molecular formula is C17H25ClN2. The zero-order valence-corrected chi connectivity index (χ0v) is 12.9. The highest BCUT2D eigenvalue weighted by Crippen LogP contribution is 2.35. The van der Waals surface area contributed by atoms with E-state index in [0.29, 0.717) is 0 Å². The minimum atomic E-state index is 0.801. The molecule has 1 N–H and O–H groups in total. The van der Waals surface area contributed by atoms with Crippen molar-refractivity contribution >= 4 is 17.3 Å². The number of nitrogens with one attached hydrogen (secondary N) is 1. The van der Waals surface area contributed by atoms with Crippen LogP contribution in [0.3, 0.4) is 0 Å². The summed E-state index contributed by atoms with van der Waals surface area (Å²) in [6, 6.07) is 7.99. The first-order valence-electron chi connectivity index (χ1n) is 8.03. The molecule has 2 aliphatic rings. The highest BCUT2D eigenvalue weighted by molar-refractivity contribution is 6.30. The number of halogens is 1. The van der Waals surface area contributed by atoms with Crippen molar-refractivity contribution in [3.05, 3.63) is 29.3 Å².